The van der Waals surface area contributed by atoms with E-state index in [9.17, 15) is 14.7 Å². The molecule has 24 heavy (non-hydrogen) atoms. The Balaban J connectivity index is 1.94. The summed E-state index contributed by atoms with van der Waals surface area (Å²) < 4.78 is 1.47. The lowest BCUT2D eigenvalue weighted by Crippen LogP contribution is -2.48. The number of thiazole rings is 1. The van der Waals surface area contributed by atoms with E-state index >= 15 is 0 Å². The molecule has 0 aliphatic carbocycles. The number of aliphatic carboxylic acids is 1. The highest BCUT2D eigenvalue weighted by Crippen LogP contribution is 2.19. The molecule has 0 radical (unpaired) electrons. The average molecular weight is 351 g/mol. The van der Waals surface area contributed by atoms with E-state index in [0.29, 0.717) is 12.5 Å². The lowest BCUT2D eigenvalue weighted by atomic mass is 10.2. The molecular weight excluding hydrogens is 330 g/mol. The predicted molar refractivity (Wildman–Crippen MR) is 89.9 cm³/mol. The highest BCUT2D eigenvalue weighted by atomic mass is 32.1. The average Bonchev–Trinajstić information content (AvgIpc) is 3.17. The molecule has 2 N–H and O–H groups in total. The molecule has 0 aliphatic heterocycles. The van der Waals surface area contributed by atoms with Gasteiger partial charge in [-0.1, -0.05) is 13.8 Å². The van der Waals surface area contributed by atoms with Crippen LogP contribution in [0.3, 0.4) is 0 Å². The summed E-state index contributed by atoms with van der Waals surface area (Å²) in [4.78, 5) is 29.5. The SMILES string of the molecule is CC(C)c1nc(CN(C)C(=O)N[C@@H](Cn2cccn2)C(=O)O)cs1. The standard InChI is InChI=1S/C15H21N5O3S/c1-10(2)13-17-11(9-24-13)7-19(3)15(23)18-12(14(21)22)8-20-6-4-5-16-20/h4-6,9-10,12H,7-8H2,1-3H3,(H,18,23)(H,21,22)/t12-/m0/s1. The summed E-state index contributed by atoms with van der Waals surface area (Å²) in [5, 5.41) is 18.7. The zero-order chi connectivity index (χ0) is 17.7. The van der Waals surface area contributed by atoms with Crippen LogP contribution >= 0.6 is 11.3 Å². The fraction of sp³-hybridized carbons (Fsp3) is 0.467. The number of hydrogen-bond donors (Lipinski definition) is 2. The summed E-state index contributed by atoms with van der Waals surface area (Å²) in [6, 6.07) is 0.177. The molecular formula is C15H21N5O3S. The summed E-state index contributed by atoms with van der Waals surface area (Å²) >= 11 is 1.56. The second-order valence-electron chi connectivity index (χ2n) is 5.76. The number of urea groups is 1. The number of carboxylic acid groups (broad SMARTS) is 1. The Morgan fingerprint density at radius 3 is 2.75 bits per heavy atom. The van der Waals surface area contributed by atoms with Crippen molar-refractivity contribution in [3.63, 3.8) is 0 Å². The van der Waals surface area contributed by atoms with Crippen LogP contribution in [0, 0.1) is 0 Å². The number of hydrogen-bond acceptors (Lipinski definition) is 5. The Morgan fingerprint density at radius 1 is 1.46 bits per heavy atom. The van der Waals surface area contributed by atoms with E-state index in [4.69, 9.17) is 0 Å². The van der Waals surface area contributed by atoms with Crippen molar-refractivity contribution in [3.8, 4) is 0 Å². The first-order valence-electron chi connectivity index (χ1n) is 7.53. The molecule has 130 valence electrons. The number of carbonyl (C=O) groups is 2. The number of rotatable bonds is 7. The van der Waals surface area contributed by atoms with Gasteiger partial charge in [0.2, 0.25) is 0 Å². The second-order valence-corrected chi connectivity index (χ2v) is 6.65. The number of nitrogens with zero attached hydrogens (tertiary/aromatic N) is 4. The van der Waals surface area contributed by atoms with Crippen molar-refractivity contribution in [2.45, 2.75) is 38.9 Å². The third-order valence-corrected chi connectivity index (χ3v) is 4.53. The minimum Gasteiger partial charge on any atom is -0.480 e. The Labute approximate surface area is 144 Å². The summed E-state index contributed by atoms with van der Waals surface area (Å²) in [6.07, 6.45) is 3.20. The fourth-order valence-corrected chi connectivity index (χ4v) is 2.84. The van der Waals surface area contributed by atoms with Gasteiger partial charge in [-0.3, -0.25) is 4.68 Å². The Bertz CT molecular complexity index is 683. The minimum atomic E-state index is -1.11. The van der Waals surface area contributed by atoms with Crippen LogP contribution in [-0.2, 0) is 17.9 Å². The van der Waals surface area contributed by atoms with Gasteiger partial charge < -0.3 is 15.3 Å². The maximum atomic E-state index is 12.2. The molecule has 2 rings (SSSR count). The molecule has 0 unspecified atom stereocenters. The van der Waals surface area contributed by atoms with Crippen LogP contribution in [0.15, 0.2) is 23.8 Å². The van der Waals surface area contributed by atoms with Crippen LogP contribution < -0.4 is 5.32 Å². The van der Waals surface area contributed by atoms with Gasteiger partial charge in [0.15, 0.2) is 0 Å². The monoisotopic (exact) mass is 351 g/mol. The van der Waals surface area contributed by atoms with Crippen molar-refractivity contribution < 1.29 is 14.7 Å². The Hall–Kier alpha value is -2.42. The van der Waals surface area contributed by atoms with Gasteiger partial charge in [0.05, 0.1) is 23.8 Å². The molecule has 0 saturated heterocycles. The van der Waals surface area contributed by atoms with Crippen molar-refractivity contribution in [2.75, 3.05) is 7.05 Å². The normalized spacial score (nSPS) is 12.2. The van der Waals surface area contributed by atoms with Gasteiger partial charge in [-0.05, 0) is 6.07 Å². The number of aromatic nitrogens is 3. The van der Waals surface area contributed by atoms with Gasteiger partial charge >= 0.3 is 12.0 Å². The van der Waals surface area contributed by atoms with Gasteiger partial charge in [-0.2, -0.15) is 5.10 Å². The summed E-state index contributed by atoms with van der Waals surface area (Å²) in [7, 11) is 1.61. The molecule has 2 aromatic rings. The first-order chi connectivity index (χ1) is 11.4. The van der Waals surface area contributed by atoms with Gasteiger partial charge in [-0.15, -0.1) is 11.3 Å². The van der Waals surface area contributed by atoms with Crippen LogP contribution in [0.2, 0.25) is 0 Å². The number of nitrogens with one attached hydrogen (secondary N) is 1. The molecule has 1 atom stereocenters. The van der Waals surface area contributed by atoms with E-state index in [2.05, 4.69) is 29.2 Å². The van der Waals surface area contributed by atoms with Gasteiger partial charge in [0, 0.05) is 30.7 Å². The largest absolute Gasteiger partial charge is 0.480 e. The molecule has 0 fully saturated rings. The maximum Gasteiger partial charge on any atom is 0.328 e. The first kappa shape index (κ1) is 17.9. The molecule has 0 bridgehead atoms. The smallest absolute Gasteiger partial charge is 0.328 e. The summed E-state index contributed by atoms with van der Waals surface area (Å²) in [5.74, 6) is -0.767. The van der Waals surface area contributed by atoms with Crippen molar-refractivity contribution >= 4 is 23.3 Å². The third kappa shape index (κ3) is 4.79. The summed E-state index contributed by atoms with van der Waals surface area (Å²) in [5.41, 5.74) is 0.792. The van der Waals surface area contributed by atoms with Crippen LogP contribution in [0.1, 0.15) is 30.5 Å². The van der Waals surface area contributed by atoms with Gasteiger partial charge in [-0.25, -0.2) is 14.6 Å². The van der Waals surface area contributed by atoms with Crippen LogP contribution in [-0.4, -0.2) is 49.9 Å². The molecule has 9 heteroatoms. The second kappa shape index (κ2) is 7.91. The van der Waals surface area contributed by atoms with E-state index in [1.165, 1.54) is 9.58 Å². The third-order valence-electron chi connectivity index (χ3n) is 3.33. The van der Waals surface area contributed by atoms with Gasteiger partial charge in [0.1, 0.15) is 6.04 Å². The zero-order valence-corrected chi connectivity index (χ0v) is 14.7. The maximum absolute atomic E-state index is 12.2. The highest BCUT2D eigenvalue weighted by Gasteiger charge is 2.23. The minimum absolute atomic E-state index is 0.0656. The molecule has 0 aromatic carbocycles. The van der Waals surface area contributed by atoms with Crippen molar-refractivity contribution in [3.05, 3.63) is 34.5 Å². The van der Waals surface area contributed by atoms with Crippen LogP contribution in [0.5, 0.6) is 0 Å². The van der Waals surface area contributed by atoms with Crippen molar-refractivity contribution in [2.24, 2.45) is 0 Å². The Morgan fingerprint density at radius 2 is 2.21 bits per heavy atom. The van der Waals surface area contributed by atoms with Crippen molar-refractivity contribution in [1.29, 1.82) is 0 Å². The van der Waals surface area contributed by atoms with E-state index in [0.717, 1.165) is 10.7 Å². The van der Waals surface area contributed by atoms with Gasteiger partial charge in [0.25, 0.3) is 0 Å². The number of carboxylic acids is 1. The van der Waals surface area contributed by atoms with Crippen molar-refractivity contribution in [1.82, 2.24) is 25.0 Å². The van der Waals surface area contributed by atoms with Crippen LogP contribution in [0.4, 0.5) is 4.79 Å². The lowest BCUT2D eigenvalue weighted by Gasteiger charge is -2.20. The molecule has 8 nitrogen and oxygen atoms in total. The van der Waals surface area contributed by atoms with E-state index < -0.39 is 18.0 Å². The summed E-state index contributed by atoms with van der Waals surface area (Å²) in [6.45, 7) is 4.51. The fourth-order valence-electron chi connectivity index (χ4n) is 2.02. The molecule has 0 aliphatic rings. The lowest BCUT2D eigenvalue weighted by molar-refractivity contribution is -0.139. The van der Waals surface area contributed by atoms with E-state index in [1.807, 2.05) is 5.38 Å². The number of amides is 2. The molecule has 0 saturated carbocycles. The van der Waals surface area contributed by atoms with Crippen LogP contribution in [0.25, 0.3) is 0 Å². The molecule has 2 amide bonds. The Kier molecular flexibility index (Phi) is 5.91. The quantitative estimate of drug-likeness (QED) is 0.792. The molecule has 2 aromatic heterocycles. The topological polar surface area (TPSA) is 100 Å². The molecule has 0 spiro atoms. The van der Waals surface area contributed by atoms with E-state index in [1.54, 1.807) is 36.8 Å². The van der Waals surface area contributed by atoms with E-state index in [-0.39, 0.29) is 6.54 Å². The zero-order valence-electron chi connectivity index (χ0n) is 13.8. The molecule has 2 heterocycles. The predicted octanol–water partition coefficient (Wildman–Crippen LogP) is 1.76. The number of carbonyl (C=O) groups excluding carboxylic acids is 1. The highest BCUT2D eigenvalue weighted by molar-refractivity contribution is 7.09. The first-order valence-corrected chi connectivity index (χ1v) is 8.41.